The molecule has 6 heteroatoms. The normalized spacial score (nSPS) is 18.5. The standard InChI is InChI=1S/C9H11N3O2S/c13-15(14)9-7-12(6-5-11-9)8-3-1-2-4-10-8/h1-4H,5-7H2,(H,13,14). The molecule has 1 N–H and O–H groups in total. The van der Waals surface area contributed by atoms with E-state index in [1.54, 1.807) is 6.20 Å². The molecule has 0 saturated carbocycles. The lowest BCUT2D eigenvalue weighted by atomic mass is 10.3. The maximum absolute atomic E-state index is 10.9. The van der Waals surface area contributed by atoms with Gasteiger partial charge in [-0.3, -0.25) is 4.99 Å². The van der Waals surface area contributed by atoms with Crippen LogP contribution in [0.1, 0.15) is 0 Å². The molecule has 1 aromatic heterocycles. The summed E-state index contributed by atoms with van der Waals surface area (Å²) in [6, 6.07) is 5.61. The molecule has 0 radical (unpaired) electrons. The van der Waals surface area contributed by atoms with Crippen LogP contribution in [-0.2, 0) is 11.1 Å². The van der Waals surface area contributed by atoms with Crippen molar-refractivity contribution in [2.45, 2.75) is 0 Å². The van der Waals surface area contributed by atoms with Gasteiger partial charge in [0, 0.05) is 12.7 Å². The Balaban J connectivity index is 2.15. The Bertz CT molecular complexity index is 394. The van der Waals surface area contributed by atoms with Crippen molar-refractivity contribution < 1.29 is 8.76 Å². The third-order valence-corrected chi connectivity index (χ3v) is 2.82. The van der Waals surface area contributed by atoms with E-state index in [-0.39, 0.29) is 0 Å². The molecule has 0 spiro atoms. The molecule has 15 heavy (non-hydrogen) atoms. The van der Waals surface area contributed by atoms with Gasteiger partial charge in [0.1, 0.15) is 10.9 Å². The van der Waals surface area contributed by atoms with Gasteiger partial charge in [-0.15, -0.1) is 0 Å². The summed E-state index contributed by atoms with van der Waals surface area (Å²) >= 11 is -1.97. The fourth-order valence-corrected chi connectivity index (χ4v) is 1.90. The van der Waals surface area contributed by atoms with Crippen molar-refractivity contribution in [2.24, 2.45) is 4.99 Å². The molecule has 1 aromatic rings. The van der Waals surface area contributed by atoms with E-state index >= 15 is 0 Å². The monoisotopic (exact) mass is 225 g/mol. The lowest BCUT2D eigenvalue weighted by Gasteiger charge is -2.26. The highest BCUT2D eigenvalue weighted by molar-refractivity contribution is 7.95. The molecule has 0 saturated heterocycles. The largest absolute Gasteiger partial charge is 0.348 e. The van der Waals surface area contributed by atoms with Gasteiger partial charge in [0.2, 0.25) is 11.1 Å². The number of rotatable bonds is 1. The smallest absolute Gasteiger partial charge is 0.202 e. The van der Waals surface area contributed by atoms with E-state index in [0.717, 1.165) is 12.4 Å². The van der Waals surface area contributed by atoms with Gasteiger partial charge in [-0.05, 0) is 12.1 Å². The third-order valence-electron chi connectivity index (χ3n) is 2.16. The van der Waals surface area contributed by atoms with E-state index in [1.165, 1.54) is 0 Å². The minimum absolute atomic E-state index is 0.312. The molecule has 0 aliphatic carbocycles. The van der Waals surface area contributed by atoms with Crippen LogP contribution in [0, 0.1) is 0 Å². The van der Waals surface area contributed by atoms with Crippen molar-refractivity contribution in [1.29, 1.82) is 0 Å². The fraction of sp³-hybridized carbons (Fsp3) is 0.333. The Kier molecular flexibility index (Phi) is 3.08. The van der Waals surface area contributed by atoms with Gasteiger partial charge >= 0.3 is 0 Å². The molecule has 0 aromatic carbocycles. The van der Waals surface area contributed by atoms with E-state index in [4.69, 9.17) is 4.55 Å². The Morgan fingerprint density at radius 1 is 1.47 bits per heavy atom. The summed E-state index contributed by atoms with van der Waals surface area (Å²) in [5, 5.41) is 0.312. The number of hydrogen-bond acceptors (Lipinski definition) is 4. The number of anilines is 1. The Morgan fingerprint density at radius 3 is 3.00 bits per heavy atom. The van der Waals surface area contributed by atoms with Crippen LogP contribution in [0.3, 0.4) is 0 Å². The molecular formula is C9H11N3O2S. The number of hydrogen-bond donors (Lipinski definition) is 1. The van der Waals surface area contributed by atoms with Crippen LogP contribution in [0.2, 0.25) is 0 Å². The van der Waals surface area contributed by atoms with Crippen LogP contribution >= 0.6 is 0 Å². The van der Waals surface area contributed by atoms with Crippen LogP contribution < -0.4 is 4.90 Å². The van der Waals surface area contributed by atoms with Crippen molar-refractivity contribution in [2.75, 3.05) is 24.5 Å². The molecule has 2 rings (SSSR count). The third kappa shape index (κ3) is 2.40. The first-order valence-electron chi connectivity index (χ1n) is 4.57. The molecule has 0 fully saturated rings. The lowest BCUT2D eigenvalue weighted by Crippen LogP contribution is -2.38. The number of pyridine rings is 1. The minimum Gasteiger partial charge on any atom is -0.348 e. The zero-order valence-corrected chi connectivity index (χ0v) is 8.85. The first-order chi connectivity index (χ1) is 7.27. The summed E-state index contributed by atoms with van der Waals surface area (Å²) in [5.74, 6) is 0.815. The molecule has 0 amide bonds. The Hall–Kier alpha value is -1.27. The molecule has 0 bridgehead atoms. The SMILES string of the molecule is O=S(O)C1=NCCN(c2ccccn2)C1. The van der Waals surface area contributed by atoms with Crippen LogP contribution in [0.4, 0.5) is 5.82 Å². The molecular weight excluding hydrogens is 214 g/mol. The van der Waals surface area contributed by atoms with Crippen molar-refractivity contribution >= 4 is 21.9 Å². The van der Waals surface area contributed by atoms with Gasteiger partial charge < -0.3 is 9.45 Å². The first-order valence-corrected chi connectivity index (χ1v) is 5.68. The topological polar surface area (TPSA) is 65.8 Å². The van der Waals surface area contributed by atoms with Gasteiger partial charge in [0.25, 0.3) is 0 Å². The zero-order valence-electron chi connectivity index (χ0n) is 8.04. The van der Waals surface area contributed by atoms with Crippen molar-refractivity contribution in [1.82, 2.24) is 4.98 Å². The highest BCUT2D eigenvalue weighted by Gasteiger charge is 2.18. The van der Waals surface area contributed by atoms with Gasteiger partial charge in [0.15, 0.2) is 0 Å². The van der Waals surface area contributed by atoms with Gasteiger partial charge in [0.05, 0.1) is 13.1 Å². The number of aromatic nitrogens is 1. The van der Waals surface area contributed by atoms with E-state index in [2.05, 4.69) is 9.98 Å². The van der Waals surface area contributed by atoms with Crippen LogP contribution in [-0.4, -0.2) is 38.4 Å². The van der Waals surface area contributed by atoms with E-state index in [9.17, 15) is 4.21 Å². The molecule has 5 nitrogen and oxygen atoms in total. The summed E-state index contributed by atoms with van der Waals surface area (Å²) in [6.07, 6.45) is 1.71. The van der Waals surface area contributed by atoms with Gasteiger partial charge in [-0.25, -0.2) is 9.19 Å². The molecule has 1 atom stereocenters. The summed E-state index contributed by atoms with van der Waals surface area (Å²) in [7, 11) is 0. The second kappa shape index (κ2) is 4.50. The fourth-order valence-electron chi connectivity index (χ4n) is 1.43. The molecule has 1 aliphatic rings. The Labute approximate surface area is 90.1 Å². The van der Waals surface area contributed by atoms with Crippen molar-refractivity contribution in [3.8, 4) is 0 Å². The Morgan fingerprint density at radius 2 is 2.33 bits per heavy atom. The summed E-state index contributed by atoms with van der Waals surface area (Å²) in [6.45, 7) is 1.65. The quantitative estimate of drug-likeness (QED) is 0.708. The van der Waals surface area contributed by atoms with E-state index in [0.29, 0.717) is 18.1 Å². The molecule has 1 aliphatic heterocycles. The second-order valence-corrected chi connectivity index (χ2v) is 4.10. The average molecular weight is 225 g/mol. The molecule has 80 valence electrons. The van der Waals surface area contributed by atoms with E-state index in [1.807, 2.05) is 23.1 Å². The number of aliphatic imine (C=N–C) groups is 1. The predicted molar refractivity (Wildman–Crippen MR) is 59.5 cm³/mol. The zero-order chi connectivity index (χ0) is 10.7. The molecule has 1 unspecified atom stereocenters. The van der Waals surface area contributed by atoms with Gasteiger partial charge in [-0.2, -0.15) is 0 Å². The summed E-state index contributed by atoms with van der Waals surface area (Å²) in [5.41, 5.74) is 0. The first kappa shape index (κ1) is 10.3. The average Bonchev–Trinajstić information content (AvgIpc) is 2.30. The number of nitrogens with zero attached hydrogens (tertiary/aromatic N) is 3. The van der Waals surface area contributed by atoms with Crippen molar-refractivity contribution in [3.05, 3.63) is 24.4 Å². The maximum atomic E-state index is 10.9. The minimum atomic E-state index is -1.97. The predicted octanol–water partition coefficient (Wildman–Crippen LogP) is 0.522. The molecule has 2 heterocycles. The van der Waals surface area contributed by atoms with Crippen LogP contribution in [0.25, 0.3) is 0 Å². The lowest BCUT2D eigenvalue weighted by molar-refractivity contribution is 0.575. The van der Waals surface area contributed by atoms with Crippen molar-refractivity contribution in [3.63, 3.8) is 0 Å². The second-order valence-electron chi connectivity index (χ2n) is 3.13. The highest BCUT2D eigenvalue weighted by atomic mass is 32.2. The summed E-state index contributed by atoms with van der Waals surface area (Å²) in [4.78, 5) is 10.1. The van der Waals surface area contributed by atoms with Crippen LogP contribution in [0.15, 0.2) is 29.4 Å². The van der Waals surface area contributed by atoms with Gasteiger partial charge in [-0.1, -0.05) is 6.07 Å². The highest BCUT2D eigenvalue weighted by Crippen LogP contribution is 2.11. The van der Waals surface area contributed by atoms with Crippen LogP contribution in [0.5, 0.6) is 0 Å². The summed E-state index contributed by atoms with van der Waals surface area (Å²) < 4.78 is 19.8. The van der Waals surface area contributed by atoms with E-state index < -0.39 is 11.1 Å². The maximum Gasteiger partial charge on any atom is 0.202 e.